The van der Waals surface area contributed by atoms with E-state index in [1.54, 1.807) is 11.8 Å². The molecular weight excluding hydrogens is 386 g/mol. The summed E-state index contributed by atoms with van der Waals surface area (Å²) in [5.41, 5.74) is 8.26. The maximum Gasteiger partial charge on any atom is 0.243 e. The van der Waals surface area contributed by atoms with Gasteiger partial charge >= 0.3 is 0 Å². The van der Waals surface area contributed by atoms with Gasteiger partial charge in [-0.25, -0.2) is 8.42 Å². The Morgan fingerprint density at radius 3 is 1.89 bits per heavy atom. The van der Waals surface area contributed by atoms with E-state index >= 15 is 0 Å². The van der Waals surface area contributed by atoms with Gasteiger partial charge in [-0.05, 0) is 42.9 Å². The molecule has 1 aromatic carbocycles. The zero-order valence-corrected chi connectivity index (χ0v) is 18.7. The van der Waals surface area contributed by atoms with Crippen LogP contribution in [0.1, 0.15) is 44.4 Å². The van der Waals surface area contributed by atoms with Crippen LogP contribution in [0.2, 0.25) is 0 Å². The van der Waals surface area contributed by atoms with Gasteiger partial charge < -0.3 is 10.6 Å². The smallest absolute Gasteiger partial charge is 0.243 e. The number of amides is 1. The van der Waals surface area contributed by atoms with E-state index in [0.717, 1.165) is 16.7 Å². The number of nitrogens with two attached hydrogens (primary N) is 1. The minimum absolute atomic E-state index is 0. The van der Waals surface area contributed by atoms with Crippen LogP contribution in [-0.2, 0) is 20.2 Å². The summed E-state index contributed by atoms with van der Waals surface area (Å²) >= 11 is 0. The number of hydrogen-bond acceptors (Lipinski definition) is 4. The Morgan fingerprint density at radius 1 is 1.07 bits per heavy atom. The molecular formula is C19H32ClN3O3S. The van der Waals surface area contributed by atoms with E-state index in [1.807, 2.05) is 26.0 Å². The molecule has 1 aliphatic heterocycles. The van der Waals surface area contributed by atoms with E-state index in [-0.39, 0.29) is 23.7 Å². The molecule has 1 aromatic rings. The monoisotopic (exact) mass is 417 g/mol. The predicted octanol–water partition coefficient (Wildman–Crippen LogP) is 2.20. The molecule has 0 spiro atoms. The van der Waals surface area contributed by atoms with Crippen LogP contribution in [0.5, 0.6) is 0 Å². The van der Waals surface area contributed by atoms with E-state index < -0.39 is 16.1 Å². The van der Waals surface area contributed by atoms with Crippen LogP contribution >= 0.6 is 12.4 Å². The third-order valence-corrected chi connectivity index (χ3v) is 7.07. The molecule has 1 unspecified atom stereocenters. The van der Waals surface area contributed by atoms with Crippen LogP contribution in [0.25, 0.3) is 0 Å². The van der Waals surface area contributed by atoms with Crippen LogP contribution < -0.4 is 5.73 Å². The highest BCUT2D eigenvalue weighted by Gasteiger charge is 2.33. The normalized spacial score (nSPS) is 17.4. The van der Waals surface area contributed by atoms with Crippen LogP contribution in [0.15, 0.2) is 17.0 Å². The molecule has 2 N–H and O–H groups in total. The molecule has 0 saturated carbocycles. The second kappa shape index (κ2) is 8.47. The van der Waals surface area contributed by atoms with Crippen LogP contribution in [0, 0.1) is 13.8 Å². The van der Waals surface area contributed by atoms with E-state index in [9.17, 15) is 13.2 Å². The van der Waals surface area contributed by atoms with E-state index in [4.69, 9.17) is 5.73 Å². The van der Waals surface area contributed by atoms with Crippen LogP contribution in [-0.4, -0.2) is 55.8 Å². The Labute approximate surface area is 169 Å². The second-order valence-electron chi connectivity index (χ2n) is 8.21. The van der Waals surface area contributed by atoms with Crippen molar-refractivity contribution in [3.63, 3.8) is 0 Å². The zero-order valence-electron chi connectivity index (χ0n) is 17.1. The van der Waals surface area contributed by atoms with E-state index in [0.29, 0.717) is 31.1 Å². The van der Waals surface area contributed by atoms with Gasteiger partial charge in [-0.15, -0.1) is 12.4 Å². The first-order valence-corrected chi connectivity index (χ1v) is 10.5. The molecule has 0 aliphatic carbocycles. The number of sulfonamides is 1. The fourth-order valence-corrected chi connectivity index (χ4v) is 5.19. The number of halogens is 1. The van der Waals surface area contributed by atoms with Gasteiger partial charge in [0.25, 0.3) is 0 Å². The number of hydrogen-bond donors (Lipinski definition) is 1. The third-order valence-electron chi connectivity index (χ3n) is 4.86. The molecule has 0 radical (unpaired) electrons. The largest absolute Gasteiger partial charge is 0.339 e. The van der Waals surface area contributed by atoms with Gasteiger partial charge in [-0.2, -0.15) is 4.31 Å². The van der Waals surface area contributed by atoms with Gasteiger partial charge in [0.2, 0.25) is 15.9 Å². The van der Waals surface area contributed by atoms with Crippen molar-refractivity contribution in [2.45, 2.75) is 57.9 Å². The zero-order chi connectivity index (χ0) is 19.9. The van der Waals surface area contributed by atoms with E-state index in [1.165, 1.54) is 4.31 Å². The lowest BCUT2D eigenvalue weighted by atomic mass is 9.85. The lowest BCUT2D eigenvalue weighted by molar-refractivity contribution is -0.133. The van der Waals surface area contributed by atoms with Gasteiger partial charge in [-0.3, -0.25) is 4.79 Å². The highest BCUT2D eigenvalue weighted by atomic mass is 35.5. The number of carbonyl (C=O) groups excluding carboxylic acids is 1. The first kappa shape index (κ1) is 23.9. The third kappa shape index (κ3) is 5.02. The number of carbonyl (C=O) groups is 1. The van der Waals surface area contributed by atoms with Crippen molar-refractivity contribution in [3.05, 3.63) is 28.8 Å². The second-order valence-corrected chi connectivity index (χ2v) is 10.1. The molecule has 1 amide bonds. The maximum absolute atomic E-state index is 13.2. The standard InChI is InChI=1S/C19H31N3O3S.ClH/c1-13-11-16(19(4,5)6)12-14(2)17(13)26(24,25)22-9-7-21(8-10-22)18(23)15(3)20;/h11-12,15H,7-10,20H2,1-6H3;1H. The number of benzene rings is 1. The molecule has 154 valence electrons. The summed E-state index contributed by atoms with van der Waals surface area (Å²) in [6, 6.07) is 3.37. The van der Waals surface area contributed by atoms with Gasteiger partial charge in [-0.1, -0.05) is 32.9 Å². The summed E-state index contributed by atoms with van der Waals surface area (Å²) in [5, 5.41) is 0. The number of aryl methyl sites for hydroxylation is 2. The number of nitrogens with zero attached hydrogens (tertiary/aromatic N) is 2. The van der Waals surface area contributed by atoms with Gasteiger partial charge in [0, 0.05) is 26.2 Å². The van der Waals surface area contributed by atoms with E-state index in [2.05, 4.69) is 20.8 Å². The Bertz CT molecular complexity index is 770. The lowest BCUT2D eigenvalue weighted by Crippen LogP contribution is -2.53. The highest BCUT2D eigenvalue weighted by molar-refractivity contribution is 7.89. The summed E-state index contributed by atoms with van der Waals surface area (Å²) in [6.07, 6.45) is 0. The topological polar surface area (TPSA) is 83.7 Å². The molecule has 0 aromatic heterocycles. The Balaban J connectivity index is 0.00000364. The number of rotatable bonds is 3. The van der Waals surface area contributed by atoms with Gasteiger partial charge in [0.15, 0.2) is 0 Å². The predicted molar refractivity (Wildman–Crippen MR) is 111 cm³/mol. The fourth-order valence-electron chi connectivity index (χ4n) is 3.36. The highest BCUT2D eigenvalue weighted by Crippen LogP contribution is 2.31. The molecule has 6 nitrogen and oxygen atoms in total. The molecule has 2 rings (SSSR count). The van der Waals surface area contributed by atoms with Crippen molar-refractivity contribution in [2.24, 2.45) is 5.73 Å². The summed E-state index contributed by atoms with van der Waals surface area (Å²) in [6.45, 7) is 13.0. The minimum Gasteiger partial charge on any atom is -0.339 e. The van der Waals surface area contributed by atoms with Crippen molar-refractivity contribution in [1.82, 2.24) is 9.21 Å². The van der Waals surface area contributed by atoms with Crippen molar-refractivity contribution >= 4 is 28.3 Å². The molecule has 1 atom stereocenters. The number of piperazine rings is 1. The first-order chi connectivity index (χ1) is 11.9. The average Bonchev–Trinajstić information content (AvgIpc) is 2.52. The van der Waals surface area contributed by atoms with Crippen molar-refractivity contribution < 1.29 is 13.2 Å². The lowest BCUT2D eigenvalue weighted by Gasteiger charge is -2.35. The Morgan fingerprint density at radius 2 is 1.52 bits per heavy atom. The van der Waals surface area contributed by atoms with Crippen molar-refractivity contribution in [2.75, 3.05) is 26.2 Å². The summed E-state index contributed by atoms with van der Waals surface area (Å²) in [7, 11) is -3.59. The Hall–Kier alpha value is -1.15. The van der Waals surface area contributed by atoms with Crippen LogP contribution in [0.4, 0.5) is 0 Å². The molecule has 0 bridgehead atoms. The van der Waals surface area contributed by atoms with Gasteiger partial charge in [0.1, 0.15) is 0 Å². The molecule has 8 heteroatoms. The molecule has 1 aliphatic rings. The fraction of sp³-hybridized carbons (Fsp3) is 0.632. The molecule has 1 fully saturated rings. The van der Waals surface area contributed by atoms with Crippen LogP contribution in [0.3, 0.4) is 0 Å². The van der Waals surface area contributed by atoms with Crippen molar-refractivity contribution in [1.29, 1.82) is 0 Å². The van der Waals surface area contributed by atoms with Gasteiger partial charge in [0.05, 0.1) is 10.9 Å². The minimum atomic E-state index is -3.59. The average molecular weight is 418 g/mol. The maximum atomic E-state index is 13.2. The molecule has 1 heterocycles. The first-order valence-electron chi connectivity index (χ1n) is 9.02. The molecule has 1 saturated heterocycles. The Kier molecular flexibility index (Phi) is 7.49. The summed E-state index contributed by atoms with van der Waals surface area (Å²) in [5.74, 6) is -0.135. The summed E-state index contributed by atoms with van der Waals surface area (Å²) in [4.78, 5) is 14.0. The summed E-state index contributed by atoms with van der Waals surface area (Å²) < 4.78 is 27.9. The molecule has 27 heavy (non-hydrogen) atoms. The SMILES string of the molecule is Cc1cc(C(C)(C)C)cc(C)c1S(=O)(=O)N1CCN(C(=O)C(C)N)CC1.Cl. The quantitative estimate of drug-likeness (QED) is 0.817. The van der Waals surface area contributed by atoms with Crippen molar-refractivity contribution in [3.8, 4) is 0 Å².